The maximum atomic E-state index is 11.7. The van der Waals surface area contributed by atoms with E-state index >= 15 is 0 Å². The summed E-state index contributed by atoms with van der Waals surface area (Å²) in [5.74, 6) is -0.184. The number of hydrogen-bond donors (Lipinski definition) is 1. The van der Waals surface area contributed by atoms with Crippen LogP contribution in [0.2, 0.25) is 0 Å². The van der Waals surface area contributed by atoms with Crippen molar-refractivity contribution in [3.05, 3.63) is 21.9 Å². The Morgan fingerprint density at radius 2 is 2.06 bits per heavy atom. The van der Waals surface area contributed by atoms with E-state index < -0.39 is 0 Å². The summed E-state index contributed by atoms with van der Waals surface area (Å²) in [5.41, 5.74) is 0. The van der Waals surface area contributed by atoms with Gasteiger partial charge in [-0.3, -0.25) is 9.59 Å². The van der Waals surface area contributed by atoms with Crippen molar-refractivity contribution in [2.45, 2.75) is 19.9 Å². The van der Waals surface area contributed by atoms with Gasteiger partial charge in [0.15, 0.2) is 5.78 Å². The van der Waals surface area contributed by atoms with Crippen molar-refractivity contribution in [1.82, 2.24) is 5.32 Å². The number of carbonyl (C=O) groups is 2. The highest BCUT2D eigenvalue weighted by Crippen LogP contribution is 2.16. The predicted octanol–water partition coefficient (Wildman–Crippen LogP) is 1.72. The van der Waals surface area contributed by atoms with Crippen molar-refractivity contribution < 1.29 is 14.3 Å². The lowest BCUT2D eigenvalue weighted by Crippen LogP contribution is -2.35. The van der Waals surface area contributed by atoms with Gasteiger partial charge in [-0.05, 0) is 26.0 Å². The van der Waals surface area contributed by atoms with Crippen molar-refractivity contribution in [1.29, 1.82) is 0 Å². The van der Waals surface area contributed by atoms with Gasteiger partial charge in [-0.15, -0.1) is 11.3 Å². The minimum absolute atomic E-state index is 0.0195. The summed E-state index contributed by atoms with van der Waals surface area (Å²) in [7, 11) is 1.58. The Kier molecular flexibility index (Phi) is 4.64. The highest BCUT2D eigenvalue weighted by molar-refractivity contribution is 7.15. The van der Waals surface area contributed by atoms with E-state index in [1.54, 1.807) is 19.2 Å². The summed E-state index contributed by atoms with van der Waals surface area (Å²) in [5, 5.41) is 2.78. The highest BCUT2D eigenvalue weighted by Gasteiger charge is 2.13. The first-order valence-electron chi connectivity index (χ1n) is 4.95. The lowest BCUT2D eigenvalue weighted by atomic mass is 10.3. The fraction of sp³-hybridized carbons (Fsp3) is 0.455. The zero-order valence-electron chi connectivity index (χ0n) is 9.57. The molecule has 0 aromatic carbocycles. The topological polar surface area (TPSA) is 55.4 Å². The summed E-state index contributed by atoms with van der Waals surface area (Å²) < 4.78 is 4.92. The fourth-order valence-corrected chi connectivity index (χ4v) is 2.04. The third kappa shape index (κ3) is 3.43. The van der Waals surface area contributed by atoms with Crippen LogP contribution in [0, 0.1) is 0 Å². The number of hydrogen-bond acceptors (Lipinski definition) is 4. The first-order valence-corrected chi connectivity index (χ1v) is 5.76. The van der Waals surface area contributed by atoms with Gasteiger partial charge in [0, 0.05) is 13.2 Å². The van der Waals surface area contributed by atoms with Crippen LogP contribution in [0.25, 0.3) is 0 Å². The van der Waals surface area contributed by atoms with Crippen molar-refractivity contribution in [3.63, 3.8) is 0 Å². The Balaban J connectivity index is 2.62. The first-order chi connectivity index (χ1) is 7.54. The van der Waals surface area contributed by atoms with Crippen LogP contribution in [0.4, 0.5) is 0 Å². The zero-order valence-corrected chi connectivity index (χ0v) is 10.4. The largest absolute Gasteiger partial charge is 0.383 e. The Morgan fingerprint density at radius 1 is 1.44 bits per heavy atom. The van der Waals surface area contributed by atoms with Crippen LogP contribution in [0.5, 0.6) is 0 Å². The van der Waals surface area contributed by atoms with Crippen molar-refractivity contribution in [2.24, 2.45) is 0 Å². The van der Waals surface area contributed by atoms with Crippen LogP contribution in [0.1, 0.15) is 33.2 Å². The summed E-state index contributed by atoms with van der Waals surface area (Å²) in [6.45, 7) is 3.82. The molecule has 88 valence electrons. The van der Waals surface area contributed by atoms with Gasteiger partial charge in [-0.25, -0.2) is 0 Å². The van der Waals surface area contributed by atoms with Crippen LogP contribution in [0.3, 0.4) is 0 Å². The van der Waals surface area contributed by atoms with E-state index in [0.717, 1.165) is 0 Å². The molecule has 0 fully saturated rings. The molecule has 16 heavy (non-hydrogen) atoms. The number of ether oxygens (including phenoxy) is 1. The fourth-order valence-electron chi connectivity index (χ4n) is 1.24. The molecule has 0 aliphatic heterocycles. The maximum Gasteiger partial charge on any atom is 0.261 e. The molecule has 1 N–H and O–H groups in total. The molecule has 1 aromatic rings. The van der Waals surface area contributed by atoms with Crippen LogP contribution < -0.4 is 5.32 Å². The average Bonchev–Trinajstić information content (AvgIpc) is 2.66. The number of ketones is 1. The summed E-state index contributed by atoms with van der Waals surface area (Å²) >= 11 is 1.21. The van der Waals surface area contributed by atoms with Crippen LogP contribution in [-0.4, -0.2) is 31.4 Å². The lowest BCUT2D eigenvalue weighted by Gasteiger charge is -2.11. The Morgan fingerprint density at radius 3 is 2.56 bits per heavy atom. The van der Waals surface area contributed by atoms with E-state index in [1.165, 1.54) is 18.3 Å². The summed E-state index contributed by atoms with van der Waals surface area (Å²) in [4.78, 5) is 23.9. The van der Waals surface area contributed by atoms with Gasteiger partial charge in [0.05, 0.1) is 16.4 Å². The Labute approximate surface area is 98.6 Å². The number of amides is 1. The smallest absolute Gasteiger partial charge is 0.261 e. The molecule has 0 unspecified atom stereocenters. The third-order valence-electron chi connectivity index (χ3n) is 1.97. The number of methoxy groups -OCH3 is 1. The number of thiophene rings is 1. The van der Waals surface area contributed by atoms with E-state index in [4.69, 9.17) is 4.74 Å². The molecule has 0 saturated heterocycles. The van der Waals surface area contributed by atoms with E-state index in [-0.39, 0.29) is 17.7 Å². The second-order valence-electron chi connectivity index (χ2n) is 3.55. The van der Waals surface area contributed by atoms with E-state index in [0.29, 0.717) is 16.4 Å². The van der Waals surface area contributed by atoms with E-state index in [1.807, 2.05) is 6.92 Å². The summed E-state index contributed by atoms with van der Waals surface area (Å²) in [6, 6.07) is 3.29. The standard InChI is InChI=1S/C11H15NO3S/c1-7(6-15-3)12-11(14)10-5-4-9(16-10)8(2)13/h4-5,7H,6H2,1-3H3,(H,12,14)/t7-/m0/s1. The molecule has 0 radical (unpaired) electrons. The molecule has 1 rings (SSSR count). The minimum atomic E-state index is -0.165. The number of rotatable bonds is 5. The van der Waals surface area contributed by atoms with Crippen molar-refractivity contribution >= 4 is 23.0 Å². The molecule has 0 aliphatic rings. The number of nitrogens with one attached hydrogen (secondary N) is 1. The van der Waals surface area contributed by atoms with Gasteiger partial charge in [-0.1, -0.05) is 0 Å². The lowest BCUT2D eigenvalue weighted by molar-refractivity contribution is 0.0909. The predicted molar refractivity (Wildman–Crippen MR) is 63.1 cm³/mol. The van der Waals surface area contributed by atoms with Gasteiger partial charge in [0.1, 0.15) is 0 Å². The highest BCUT2D eigenvalue weighted by atomic mass is 32.1. The zero-order chi connectivity index (χ0) is 12.1. The number of Topliss-reactive ketones (excluding diaryl/α,β-unsaturated/α-hetero) is 1. The van der Waals surface area contributed by atoms with Gasteiger partial charge in [0.2, 0.25) is 0 Å². The van der Waals surface area contributed by atoms with Gasteiger partial charge >= 0.3 is 0 Å². The van der Waals surface area contributed by atoms with Crippen LogP contribution >= 0.6 is 11.3 Å². The molecule has 1 amide bonds. The Bertz CT molecular complexity index is 386. The molecule has 0 saturated carbocycles. The molecular weight excluding hydrogens is 226 g/mol. The Hall–Kier alpha value is -1.20. The van der Waals surface area contributed by atoms with Gasteiger partial charge in [-0.2, -0.15) is 0 Å². The molecule has 1 heterocycles. The van der Waals surface area contributed by atoms with Gasteiger partial charge in [0.25, 0.3) is 5.91 Å². The molecule has 1 atom stereocenters. The van der Waals surface area contributed by atoms with Crippen molar-refractivity contribution in [2.75, 3.05) is 13.7 Å². The first kappa shape index (κ1) is 12.9. The average molecular weight is 241 g/mol. The monoisotopic (exact) mass is 241 g/mol. The summed E-state index contributed by atoms with van der Waals surface area (Å²) in [6.07, 6.45) is 0. The molecular formula is C11H15NO3S. The SMILES string of the molecule is COC[C@H](C)NC(=O)c1ccc(C(C)=O)s1. The molecule has 1 aromatic heterocycles. The molecule has 0 bridgehead atoms. The normalized spacial score (nSPS) is 12.2. The van der Waals surface area contributed by atoms with Crippen LogP contribution in [0.15, 0.2) is 12.1 Å². The minimum Gasteiger partial charge on any atom is -0.383 e. The third-order valence-corrected chi connectivity index (χ3v) is 3.16. The quantitative estimate of drug-likeness (QED) is 0.798. The molecule has 0 spiro atoms. The van der Waals surface area contributed by atoms with Crippen molar-refractivity contribution in [3.8, 4) is 0 Å². The van der Waals surface area contributed by atoms with E-state index in [2.05, 4.69) is 5.32 Å². The second-order valence-corrected chi connectivity index (χ2v) is 4.63. The van der Waals surface area contributed by atoms with Crippen LogP contribution in [-0.2, 0) is 4.74 Å². The molecule has 5 heteroatoms. The van der Waals surface area contributed by atoms with Gasteiger partial charge < -0.3 is 10.1 Å². The van der Waals surface area contributed by atoms with E-state index in [9.17, 15) is 9.59 Å². The maximum absolute atomic E-state index is 11.7. The molecule has 0 aliphatic carbocycles. The molecule has 4 nitrogen and oxygen atoms in total. The number of carbonyl (C=O) groups excluding carboxylic acids is 2. The second kappa shape index (κ2) is 5.77.